The second-order valence-electron chi connectivity index (χ2n) is 4.05. The summed E-state index contributed by atoms with van der Waals surface area (Å²) in [6.45, 7) is 4.78. The van der Waals surface area contributed by atoms with Crippen LogP contribution in [-0.4, -0.2) is 16.3 Å². The summed E-state index contributed by atoms with van der Waals surface area (Å²) in [5.41, 5.74) is 10.2. The number of aromatic nitrogens is 2. The summed E-state index contributed by atoms with van der Waals surface area (Å²) in [7, 11) is 0. The topological polar surface area (TPSA) is 43.8 Å². The number of nitrogens with two attached hydrogens (primary N) is 1. The molecule has 0 amide bonds. The number of hydrogen-bond donors (Lipinski definition) is 1. The van der Waals surface area contributed by atoms with Gasteiger partial charge in [0.05, 0.1) is 11.4 Å². The second kappa shape index (κ2) is 5.02. The minimum absolute atomic E-state index is 0.656. The molecule has 0 fully saturated rings. The molecule has 2 aromatic rings. The zero-order valence-electron chi connectivity index (χ0n) is 10.1. The Morgan fingerprint density at radius 2 is 2.00 bits per heavy atom. The van der Waals surface area contributed by atoms with Crippen LogP contribution in [0.2, 0.25) is 0 Å². The van der Waals surface area contributed by atoms with E-state index in [-0.39, 0.29) is 0 Å². The maximum absolute atomic E-state index is 5.63. The minimum Gasteiger partial charge on any atom is -0.330 e. The van der Waals surface area contributed by atoms with Crippen molar-refractivity contribution in [3.63, 3.8) is 0 Å². The Kier molecular flexibility index (Phi) is 3.64. The Labute approximate surface area is 110 Å². The molecule has 0 atom stereocenters. The summed E-state index contributed by atoms with van der Waals surface area (Å²) in [6.07, 6.45) is 0.877. The van der Waals surface area contributed by atoms with Crippen LogP contribution in [0.4, 0.5) is 0 Å². The summed E-state index contributed by atoms with van der Waals surface area (Å²) >= 11 is 3.55. The molecule has 0 saturated heterocycles. The molecule has 1 aromatic carbocycles. The van der Waals surface area contributed by atoms with Crippen LogP contribution in [0.3, 0.4) is 0 Å². The highest BCUT2D eigenvalue weighted by Gasteiger charge is 2.13. The molecular formula is C13H16BrN3. The average Bonchev–Trinajstić information content (AvgIpc) is 2.58. The first-order valence-electron chi connectivity index (χ1n) is 5.65. The lowest BCUT2D eigenvalue weighted by atomic mass is 10.1. The molecule has 1 heterocycles. The van der Waals surface area contributed by atoms with Crippen LogP contribution < -0.4 is 5.73 Å². The molecule has 0 saturated carbocycles. The van der Waals surface area contributed by atoms with Gasteiger partial charge in [0.15, 0.2) is 0 Å². The molecule has 0 aliphatic rings. The lowest BCUT2D eigenvalue weighted by molar-refractivity contribution is 0.828. The Balaban J connectivity index is 2.54. The number of halogens is 1. The molecule has 3 nitrogen and oxygen atoms in total. The van der Waals surface area contributed by atoms with Crippen molar-refractivity contribution >= 4 is 15.9 Å². The highest BCUT2D eigenvalue weighted by atomic mass is 79.9. The van der Waals surface area contributed by atoms with Gasteiger partial charge in [0.1, 0.15) is 0 Å². The molecule has 2 rings (SSSR count). The zero-order valence-corrected chi connectivity index (χ0v) is 11.7. The summed E-state index contributed by atoms with van der Waals surface area (Å²) in [5, 5.41) is 4.59. The quantitative estimate of drug-likeness (QED) is 0.946. The predicted octanol–water partition coefficient (Wildman–Crippen LogP) is 2.75. The van der Waals surface area contributed by atoms with Gasteiger partial charge in [0.2, 0.25) is 0 Å². The van der Waals surface area contributed by atoms with Gasteiger partial charge in [-0.25, -0.2) is 4.68 Å². The van der Waals surface area contributed by atoms with E-state index in [0.717, 1.165) is 22.3 Å². The summed E-state index contributed by atoms with van der Waals surface area (Å²) in [4.78, 5) is 0. The molecule has 0 aliphatic heterocycles. The van der Waals surface area contributed by atoms with Crippen molar-refractivity contribution < 1.29 is 0 Å². The Morgan fingerprint density at radius 1 is 1.29 bits per heavy atom. The smallest absolute Gasteiger partial charge is 0.0790 e. The molecule has 4 heteroatoms. The van der Waals surface area contributed by atoms with E-state index < -0.39 is 0 Å². The van der Waals surface area contributed by atoms with Gasteiger partial charge >= 0.3 is 0 Å². The first kappa shape index (κ1) is 12.3. The minimum atomic E-state index is 0.656. The number of benzene rings is 1. The number of nitrogens with zero attached hydrogens (tertiary/aromatic N) is 2. The fraction of sp³-hybridized carbons (Fsp3) is 0.308. The van der Waals surface area contributed by atoms with Gasteiger partial charge in [-0.3, -0.25) is 0 Å². The van der Waals surface area contributed by atoms with E-state index in [1.165, 1.54) is 11.3 Å². The maximum atomic E-state index is 5.63. The van der Waals surface area contributed by atoms with Crippen LogP contribution in [0.15, 0.2) is 28.7 Å². The lowest BCUT2D eigenvalue weighted by Gasteiger charge is -2.07. The van der Waals surface area contributed by atoms with Crippen molar-refractivity contribution in [1.82, 2.24) is 9.78 Å². The summed E-state index contributed by atoms with van der Waals surface area (Å²) in [6, 6.07) is 8.09. The highest BCUT2D eigenvalue weighted by Crippen LogP contribution is 2.24. The Hall–Kier alpha value is -1.13. The van der Waals surface area contributed by atoms with Crippen LogP contribution in [0.1, 0.15) is 17.0 Å². The fourth-order valence-electron chi connectivity index (χ4n) is 2.04. The molecule has 1 aromatic heterocycles. The van der Waals surface area contributed by atoms with E-state index in [0.29, 0.717) is 6.54 Å². The third-order valence-electron chi connectivity index (χ3n) is 2.92. The van der Waals surface area contributed by atoms with Gasteiger partial charge in [0.25, 0.3) is 0 Å². The van der Waals surface area contributed by atoms with E-state index in [4.69, 9.17) is 5.73 Å². The fourth-order valence-corrected chi connectivity index (χ4v) is 2.49. The maximum Gasteiger partial charge on any atom is 0.0790 e. The normalized spacial score (nSPS) is 10.8. The molecular weight excluding hydrogens is 278 g/mol. The van der Waals surface area contributed by atoms with Crippen molar-refractivity contribution in [2.45, 2.75) is 20.3 Å². The number of para-hydroxylation sites is 1. The van der Waals surface area contributed by atoms with Crippen molar-refractivity contribution in [2.75, 3.05) is 6.54 Å². The number of rotatable bonds is 3. The number of aryl methyl sites for hydroxylation is 1. The largest absolute Gasteiger partial charge is 0.330 e. The molecule has 0 aliphatic carbocycles. The van der Waals surface area contributed by atoms with Gasteiger partial charge in [-0.05, 0) is 60.4 Å². The van der Waals surface area contributed by atoms with E-state index in [1.807, 2.05) is 29.8 Å². The third-order valence-corrected chi connectivity index (χ3v) is 3.59. The Bertz CT molecular complexity index is 531. The van der Waals surface area contributed by atoms with Crippen LogP contribution >= 0.6 is 15.9 Å². The first-order valence-corrected chi connectivity index (χ1v) is 6.44. The van der Waals surface area contributed by atoms with Gasteiger partial charge in [-0.15, -0.1) is 0 Å². The predicted molar refractivity (Wildman–Crippen MR) is 73.5 cm³/mol. The van der Waals surface area contributed by atoms with Crippen LogP contribution in [0.5, 0.6) is 0 Å². The van der Waals surface area contributed by atoms with E-state index in [2.05, 4.69) is 34.0 Å². The van der Waals surface area contributed by atoms with Gasteiger partial charge < -0.3 is 5.73 Å². The summed E-state index contributed by atoms with van der Waals surface area (Å²) in [5.74, 6) is 0. The first-order chi connectivity index (χ1) is 8.15. The molecule has 0 spiro atoms. The molecule has 2 N–H and O–H groups in total. The van der Waals surface area contributed by atoms with Crippen molar-refractivity contribution in [3.05, 3.63) is 45.7 Å². The van der Waals surface area contributed by atoms with E-state index in [1.54, 1.807) is 0 Å². The van der Waals surface area contributed by atoms with Gasteiger partial charge in [-0.2, -0.15) is 5.10 Å². The summed E-state index contributed by atoms with van der Waals surface area (Å²) < 4.78 is 3.02. The second-order valence-corrected chi connectivity index (χ2v) is 4.91. The van der Waals surface area contributed by atoms with Crippen molar-refractivity contribution in [2.24, 2.45) is 5.73 Å². The van der Waals surface area contributed by atoms with E-state index in [9.17, 15) is 0 Å². The Morgan fingerprint density at radius 3 is 2.65 bits per heavy atom. The molecule has 0 radical (unpaired) electrons. The molecule has 0 unspecified atom stereocenters. The SMILES string of the molecule is Cc1nn(-c2ccccc2Br)c(C)c1CCN. The third kappa shape index (κ3) is 2.28. The standard InChI is InChI=1S/C13H16BrN3/c1-9-11(7-8-15)10(2)17(16-9)13-6-4-3-5-12(13)14/h3-6H,7-8,15H2,1-2H3. The molecule has 0 bridgehead atoms. The monoisotopic (exact) mass is 293 g/mol. The van der Waals surface area contributed by atoms with Crippen LogP contribution in [0.25, 0.3) is 5.69 Å². The van der Waals surface area contributed by atoms with Crippen molar-refractivity contribution in [1.29, 1.82) is 0 Å². The molecule has 90 valence electrons. The van der Waals surface area contributed by atoms with Gasteiger partial charge in [-0.1, -0.05) is 12.1 Å². The molecule has 17 heavy (non-hydrogen) atoms. The van der Waals surface area contributed by atoms with Crippen molar-refractivity contribution in [3.8, 4) is 5.69 Å². The lowest BCUT2D eigenvalue weighted by Crippen LogP contribution is -2.05. The zero-order chi connectivity index (χ0) is 12.4. The van der Waals surface area contributed by atoms with Crippen LogP contribution in [0, 0.1) is 13.8 Å². The van der Waals surface area contributed by atoms with Crippen LogP contribution in [-0.2, 0) is 6.42 Å². The number of hydrogen-bond acceptors (Lipinski definition) is 2. The van der Waals surface area contributed by atoms with E-state index >= 15 is 0 Å². The van der Waals surface area contributed by atoms with Gasteiger partial charge in [0, 0.05) is 10.2 Å². The highest BCUT2D eigenvalue weighted by molar-refractivity contribution is 9.10. The average molecular weight is 294 g/mol.